The first-order valence-electron chi connectivity index (χ1n) is 5.91. The van der Waals surface area contributed by atoms with Gasteiger partial charge in [0.15, 0.2) is 0 Å². The predicted molar refractivity (Wildman–Crippen MR) is 71.5 cm³/mol. The summed E-state index contributed by atoms with van der Waals surface area (Å²) < 4.78 is 2.01. The number of aryl methyl sites for hydroxylation is 1. The average Bonchev–Trinajstić information content (AvgIpc) is 2.79. The molecule has 3 aromatic heterocycles. The van der Waals surface area contributed by atoms with Crippen LogP contribution in [0, 0.1) is 6.92 Å². The van der Waals surface area contributed by atoms with Crippen LogP contribution in [0.4, 0.5) is 5.82 Å². The van der Waals surface area contributed by atoms with Crippen molar-refractivity contribution in [3.8, 4) is 0 Å². The molecule has 0 atom stereocenters. The van der Waals surface area contributed by atoms with E-state index < -0.39 is 0 Å². The van der Waals surface area contributed by atoms with Crippen molar-refractivity contribution in [1.82, 2.24) is 14.4 Å². The molecule has 0 saturated carbocycles. The molecule has 1 N–H and O–H groups in total. The van der Waals surface area contributed by atoms with Gasteiger partial charge in [-0.15, -0.1) is 0 Å². The van der Waals surface area contributed by atoms with Crippen LogP contribution < -0.4 is 5.32 Å². The topological polar surface area (TPSA) is 42.2 Å². The second-order valence-electron chi connectivity index (χ2n) is 4.22. The second kappa shape index (κ2) is 4.49. The molecule has 0 aromatic carbocycles. The zero-order chi connectivity index (χ0) is 12.4. The average molecular weight is 238 g/mol. The van der Waals surface area contributed by atoms with Gasteiger partial charge in [-0.25, -0.2) is 9.97 Å². The lowest BCUT2D eigenvalue weighted by atomic mass is 10.3. The van der Waals surface area contributed by atoms with Crippen LogP contribution in [0.5, 0.6) is 0 Å². The Kier molecular flexibility index (Phi) is 2.68. The van der Waals surface area contributed by atoms with Crippen LogP contribution in [0.1, 0.15) is 11.4 Å². The Hall–Kier alpha value is -2.36. The third-order valence-corrected chi connectivity index (χ3v) is 2.75. The van der Waals surface area contributed by atoms with Gasteiger partial charge in [-0.2, -0.15) is 0 Å². The van der Waals surface area contributed by atoms with E-state index in [0.29, 0.717) is 6.54 Å². The van der Waals surface area contributed by atoms with E-state index in [-0.39, 0.29) is 0 Å². The molecule has 0 aliphatic carbocycles. The van der Waals surface area contributed by atoms with E-state index in [2.05, 4.69) is 15.3 Å². The molecule has 4 heteroatoms. The lowest BCUT2D eigenvalue weighted by Gasteiger charge is -2.03. The van der Waals surface area contributed by atoms with Crippen LogP contribution in [0.25, 0.3) is 5.65 Å². The van der Waals surface area contributed by atoms with Crippen molar-refractivity contribution in [3.05, 3.63) is 60.2 Å². The normalized spacial score (nSPS) is 10.7. The molecule has 0 amide bonds. The van der Waals surface area contributed by atoms with Crippen molar-refractivity contribution < 1.29 is 0 Å². The summed E-state index contributed by atoms with van der Waals surface area (Å²) in [6.07, 6.45) is 4.02. The summed E-state index contributed by atoms with van der Waals surface area (Å²) in [5.41, 5.74) is 2.98. The lowest BCUT2D eigenvalue weighted by Crippen LogP contribution is -2.01. The number of aromatic nitrogens is 3. The quantitative estimate of drug-likeness (QED) is 0.762. The number of fused-ring (bicyclic) bond motifs is 1. The standard InChI is InChI=1S/C14H14N4/c1-11-5-4-6-13(16-11)15-9-12-10-18-8-3-2-7-14(18)17-12/h2-8,10H,9H2,1H3,(H,15,16). The summed E-state index contributed by atoms with van der Waals surface area (Å²) in [4.78, 5) is 8.92. The summed E-state index contributed by atoms with van der Waals surface area (Å²) >= 11 is 0. The first-order chi connectivity index (χ1) is 8.81. The van der Waals surface area contributed by atoms with Gasteiger partial charge in [0.2, 0.25) is 0 Å². The van der Waals surface area contributed by atoms with Crippen LogP contribution in [-0.4, -0.2) is 14.4 Å². The molecule has 0 fully saturated rings. The summed E-state index contributed by atoms with van der Waals surface area (Å²) in [7, 11) is 0. The van der Waals surface area contributed by atoms with Gasteiger partial charge in [0.05, 0.1) is 12.2 Å². The number of nitrogens with zero attached hydrogens (tertiary/aromatic N) is 3. The zero-order valence-corrected chi connectivity index (χ0v) is 10.2. The number of anilines is 1. The van der Waals surface area contributed by atoms with Crippen LogP contribution >= 0.6 is 0 Å². The molecular weight excluding hydrogens is 224 g/mol. The number of hydrogen-bond donors (Lipinski definition) is 1. The minimum absolute atomic E-state index is 0.679. The molecule has 18 heavy (non-hydrogen) atoms. The van der Waals surface area contributed by atoms with Crippen molar-refractivity contribution in [2.24, 2.45) is 0 Å². The number of imidazole rings is 1. The first-order valence-corrected chi connectivity index (χ1v) is 5.91. The fourth-order valence-corrected chi connectivity index (χ4v) is 1.89. The lowest BCUT2D eigenvalue weighted by molar-refractivity contribution is 1.05. The third kappa shape index (κ3) is 2.18. The number of pyridine rings is 2. The van der Waals surface area contributed by atoms with Gasteiger partial charge in [0.1, 0.15) is 11.5 Å². The first kappa shape index (κ1) is 10.8. The Morgan fingerprint density at radius 3 is 2.89 bits per heavy atom. The number of hydrogen-bond acceptors (Lipinski definition) is 3. The Bertz CT molecular complexity index is 639. The van der Waals surface area contributed by atoms with Crippen LogP contribution in [0.2, 0.25) is 0 Å². The molecule has 3 aromatic rings. The largest absolute Gasteiger partial charge is 0.364 e. The Morgan fingerprint density at radius 1 is 1.11 bits per heavy atom. The predicted octanol–water partition coefficient (Wildman–Crippen LogP) is 2.65. The van der Waals surface area contributed by atoms with Gasteiger partial charge >= 0.3 is 0 Å². The summed E-state index contributed by atoms with van der Waals surface area (Å²) in [5, 5.41) is 3.28. The molecule has 4 nitrogen and oxygen atoms in total. The Balaban J connectivity index is 1.76. The highest BCUT2D eigenvalue weighted by Crippen LogP contribution is 2.08. The van der Waals surface area contributed by atoms with Gasteiger partial charge in [-0.05, 0) is 31.2 Å². The SMILES string of the molecule is Cc1cccc(NCc2cn3ccccc3n2)n1. The molecule has 3 heterocycles. The molecule has 3 rings (SSSR count). The maximum Gasteiger partial charge on any atom is 0.137 e. The van der Waals surface area contributed by atoms with Crippen molar-refractivity contribution in [3.63, 3.8) is 0 Å². The third-order valence-electron chi connectivity index (χ3n) is 2.75. The van der Waals surface area contributed by atoms with E-state index in [1.807, 2.05) is 60.1 Å². The molecule has 0 unspecified atom stereocenters. The van der Waals surface area contributed by atoms with Gasteiger partial charge in [-0.3, -0.25) is 0 Å². The Labute approximate surface area is 105 Å². The number of rotatable bonds is 3. The van der Waals surface area contributed by atoms with Crippen molar-refractivity contribution in [2.45, 2.75) is 13.5 Å². The van der Waals surface area contributed by atoms with E-state index >= 15 is 0 Å². The van der Waals surface area contributed by atoms with Crippen molar-refractivity contribution in [1.29, 1.82) is 0 Å². The molecule has 0 aliphatic heterocycles. The van der Waals surface area contributed by atoms with Crippen molar-refractivity contribution >= 4 is 11.5 Å². The van der Waals surface area contributed by atoms with E-state index in [1.54, 1.807) is 0 Å². The smallest absolute Gasteiger partial charge is 0.137 e. The van der Waals surface area contributed by atoms with Gasteiger partial charge < -0.3 is 9.72 Å². The minimum Gasteiger partial charge on any atom is -0.364 e. The Morgan fingerprint density at radius 2 is 2.06 bits per heavy atom. The van der Waals surface area contributed by atoms with E-state index in [0.717, 1.165) is 22.9 Å². The van der Waals surface area contributed by atoms with E-state index in [1.165, 1.54) is 0 Å². The fourth-order valence-electron chi connectivity index (χ4n) is 1.89. The molecule has 0 radical (unpaired) electrons. The monoisotopic (exact) mass is 238 g/mol. The van der Waals surface area contributed by atoms with Gasteiger partial charge in [-0.1, -0.05) is 12.1 Å². The molecule has 0 aliphatic rings. The van der Waals surface area contributed by atoms with Crippen LogP contribution in [0.15, 0.2) is 48.8 Å². The van der Waals surface area contributed by atoms with Crippen LogP contribution in [-0.2, 0) is 6.54 Å². The zero-order valence-electron chi connectivity index (χ0n) is 10.2. The summed E-state index contributed by atoms with van der Waals surface area (Å²) in [5.74, 6) is 0.882. The molecule has 0 bridgehead atoms. The van der Waals surface area contributed by atoms with Crippen molar-refractivity contribution in [2.75, 3.05) is 5.32 Å². The highest BCUT2D eigenvalue weighted by atomic mass is 15.0. The summed E-state index contributed by atoms with van der Waals surface area (Å²) in [6, 6.07) is 11.9. The van der Waals surface area contributed by atoms with E-state index in [9.17, 15) is 0 Å². The summed E-state index contributed by atoms with van der Waals surface area (Å²) in [6.45, 7) is 2.66. The fraction of sp³-hybridized carbons (Fsp3) is 0.143. The number of nitrogens with one attached hydrogen (secondary N) is 1. The molecule has 0 saturated heterocycles. The van der Waals surface area contributed by atoms with Gasteiger partial charge in [0.25, 0.3) is 0 Å². The van der Waals surface area contributed by atoms with E-state index in [4.69, 9.17) is 0 Å². The highest BCUT2D eigenvalue weighted by molar-refractivity contribution is 5.41. The minimum atomic E-state index is 0.679. The highest BCUT2D eigenvalue weighted by Gasteiger charge is 2.01. The van der Waals surface area contributed by atoms with Gasteiger partial charge in [0, 0.05) is 18.1 Å². The molecule has 0 spiro atoms. The molecular formula is C14H14N4. The maximum atomic E-state index is 4.52. The second-order valence-corrected chi connectivity index (χ2v) is 4.22. The maximum absolute atomic E-state index is 4.52. The van der Waals surface area contributed by atoms with Crippen LogP contribution in [0.3, 0.4) is 0 Å². The molecule has 90 valence electrons.